The first kappa shape index (κ1) is 17.2. The summed E-state index contributed by atoms with van der Waals surface area (Å²) in [5, 5.41) is 2.70. The number of hydrogen-bond donors (Lipinski definition) is 1. The number of pyridine rings is 1. The number of amides is 2. The minimum absolute atomic E-state index is 0.121. The molecule has 0 unspecified atom stereocenters. The lowest BCUT2D eigenvalue weighted by atomic mass is 10.1. The summed E-state index contributed by atoms with van der Waals surface area (Å²) in [5.74, 6) is -0.872. The molecule has 1 aromatic carbocycles. The van der Waals surface area contributed by atoms with E-state index in [0.29, 0.717) is 24.3 Å². The van der Waals surface area contributed by atoms with Gasteiger partial charge >= 0.3 is 0 Å². The summed E-state index contributed by atoms with van der Waals surface area (Å²) in [6, 6.07) is 10.9. The van der Waals surface area contributed by atoms with Crippen LogP contribution in [0.25, 0.3) is 5.52 Å². The molecule has 3 aromatic rings. The highest BCUT2D eigenvalue weighted by Gasteiger charge is 2.26. The molecule has 0 saturated carbocycles. The zero-order chi connectivity index (χ0) is 18.8. The van der Waals surface area contributed by atoms with Crippen LogP contribution >= 0.6 is 0 Å². The van der Waals surface area contributed by atoms with Crippen LogP contribution in [0.2, 0.25) is 0 Å². The fraction of sp³-hybridized carbons (Fsp3) is 0.250. The minimum Gasteiger partial charge on any atom is -0.337 e. The second kappa shape index (κ2) is 7.19. The second-order valence-corrected chi connectivity index (χ2v) is 6.55. The second-order valence-electron chi connectivity index (χ2n) is 6.55. The number of imidazole rings is 1. The third-order valence-corrected chi connectivity index (χ3v) is 4.70. The third kappa shape index (κ3) is 3.40. The Bertz CT molecular complexity index is 991. The van der Waals surface area contributed by atoms with Crippen molar-refractivity contribution >= 4 is 23.0 Å². The van der Waals surface area contributed by atoms with E-state index in [9.17, 15) is 14.0 Å². The molecule has 1 saturated heterocycles. The molecule has 6 nitrogen and oxygen atoms in total. The van der Waals surface area contributed by atoms with Gasteiger partial charge in [0.05, 0.1) is 5.52 Å². The van der Waals surface area contributed by atoms with Gasteiger partial charge in [-0.25, -0.2) is 9.37 Å². The molecule has 2 aromatic heterocycles. The first-order valence-corrected chi connectivity index (χ1v) is 8.97. The summed E-state index contributed by atoms with van der Waals surface area (Å²) in [5.41, 5.74) is 1.33. The smallest absolute Gasteiger partial charge is 0.292 e. The van der Waals surface area contributed by atoms with Crippen LogP contribution in [0.15, 0.2) is 48.7 Å². The van der Waals surface area contributed by atoms with E-state index < -0.39 is 5.91 Å². The van der Waals surface area contributed by atoms with Gasteiger partial charge in [0.1, 0.15) is 5.82 Å². The van der Waals surface area contributed by atoms with Crippen molar-refractivity contribution in [2.45, 2.75) is 19.3 Å². The number of piperidine rings is 1. The van der Waals surface area contributed by atoms with Crippen LogP contribution in [0.3, 0.4) is 0 Å². The fourth-order valence-corrected chi connectivity index (χ4v) is 3.32. The summed E-state index contributed by atoms with van der Waals surface area (Å²) in [7, 11) is 0. The number of hydrogen-bond acceptors (Lipinski definition) is 3. The quantitative estimate of drug-likeness (QED) is 0.773. The van der Waals surface area contributed by atoms with Gasteiger partial charge in [0.2, 0.25) is 5.82 Å². The van der Waals surface area contributed by atoms with Crippen molar-refractivity contribution in [3.63, 3.8) is 0 Å². The predicted molar refractivity (Wildman–Crippen MR) is 99.3 cm³/mol. The molecule has 4 rings (SSSR count). The lowest BCUT2D eigenvalue weighted by Crippen LogP contribution is -2.36. The average Bonchev–Trinajstić information content (AvgIpc) is 3.10. The Kier molecular flexibility index (Phi) is 4.58. The minimum atomic E-state index is -0.458. The summed E-state index contributed by atoms with van der Waals surface area (Å²) >= 11 is 0. The van der Waals surface area contributed by atoms with Gasteiger partial charge < -0.3 is 10.2 Å². The molecule has 1 aliphatic heterocycles. The van der Waals surface area contributed by atoms with Gasteiger partial charge in [0.15, 0.2) is 5.69 Å². The van der Waals surface area contributed by atoms with E-state index >= 15 is 0 Å². The summed E-state index contributed by atoms with van der Waals surface area (Å²) < 4.78 is 14.7. The van der Waals surface area contributed by atoms with Crippen LogP contribution in [0.4, 0.5) is 10.1 Å². The topological polar surface area (TPSA) is 66.7 Å². The van der Waals surface area contributed by atoms with Crippen molar-refractivity contribution in [2.24, 2.45) is 0 Å². The van der Waals surface area contributed by atoms with Gasteiger partial charge in [-0.1, -0.05) is 6.07 Å². The number of aromatic nitrogens is 2. The zero-order valence-electron chi connectivity index (χ0n) is 14.7. The Morgan fingerprint density at radius 2 is 1.74 bits per heavy atom. The number of likely N-dealkylation sites (tertiary alicyclic amines) is 1. The van der Waals surface area contributed by atoms with Crippen LogP contribution in [-0.2, 0) is 0 Å². The van der Waals surface area contributed by atoms with Gasteiger partial charge in [-0.3, -0.25) is 14.0 Å². The molecule has 3 heterocycles. The summed E-state index contributed by atoms with van der Waals surface area (Å²) in [6.07, 6.45) is 4.79. The monoisotopic (exact) mass is 366 g/mol. The molecule has 1 N–H and O–H groups in total. The molecule has 1 aliphatic rings. The van der Waals surface area contributed by atoms with E-state index in [1.54, 1.807) is 27.6 Å². The SMILES string of the molecule is O=C(Nc1ccc(F)cc1)c1nc(C(=O)N2CCCCC2)c2ccccn12. The van der Waals surface area contributed by atoms with Gasteiger partial charge in [-0.2, -0.15) is 0 Å². The Morgan fingerprint density at radius 3 is 2.48 bits per heavy atom. The molecule has 27 heavy (non-hydrogen) atoms. The van der Waals surface area contributed by atoms with E-state index in [4.69, 9.17) is 0 Å². The maximum absolute atomic E-state index is 13.1. The van der Waals surface area contributed by atoms with Crippen LogP contribution in [-0.4, -0.2) is 39.2 Å². The van der Waals surface area contributed by atoms with Crippen LogP contribution in [0, 0.1) is 5.82 Å². The highest BCUT2D eigenvalue weighted by atomic mass is 19.1. The van der Waals surface area contributed by atoms with E-state index in [-0.39, 0.29) is 23.2 Å². The molecular formula is C20H19FN4O2. The predicted octanol–water partition coefficient (Wildman–Crippen LogP) is 3.35. The molecule has 2 amide bonds. The number of anilines is 1. The number of carbonyl (C=O) groups is 2. The molecule has 7 heteroatoms. The highest BCUT2D eigenvalue weighted by Crippen LogP contribution is 2.19. The molecule has 1 fully saturated rings. The molecule has 0 bridgehead atoms. The number of nitrogens with one attached hydrogen (secondary N) is 1. The first-order chi connectivity index (χ1) is 13.1. The van der Waals surface area contributed by atoms with Gasteiger partial charge in [-0.15, -0.1) is 0 Å². The lowest BCUT2D eigenvalue weighted by Gasteiger charge is -2.25. The third-order valence-electron chi connectivity index (χ3n) is 4.70. The van der Waals surface area contributed by atoms with Crippen molar-refractivity contribution < 1.29 is 14.0 Å². The van der Waals surface area contributed by atoms with Crippen molar-refractivity contribution in [3.8, 4) is 0 Å². The van der Waals surface area contributed by atoms with E-state index in [0.717, 1.165) is 19.3 Å². The Hall–Kier alpha value is -3.22. The normalized spacial score (nSPS) is 14.3. The summed E-state index contributed by atoms with van der Waals surface area (Å²) in [4.78, 5) is 31.8. The molecule has 0 radical (unpaired) electrons. The molecule has 0 spiro atoms. The van der Waals surface area contributed by atoms with Crippen molar-refractivity contribution in [1.29, 1.82) is 0 Å². The van der Waals surface area contributed by atoms with Crippen molar-refractivity contribution in [2.75, 3.05) is 18.4 Å². The zero-order valence-corrected chi connectivity index (χ0v) is 14.7. The van der Waals surface area contributed by atoms with Crippen molar-refractivity contribution in [1.82, 2.24) is 14.3 Å². The Morgan fingerprint density at radius 1 is 1.00 bits per heavy atom. The largest absolute Gasteiger partial charge is 0.337 e. The summed E-state index contributed by atoms with van der Waals surface area (Å²) in [6.45, 7) is 1.42. The molecule has 0 atom stereocenters. The average molecular weight is 366 g/mol. The standard InChI is InChI=1S/C20H19FN4O2/c21-14-7-9-15(10-8-14)22-19(26)18-23-17(16-6-2-5-13-25(16)18)20(27)24-11-3-1-4-12-24/h2,5-10,13H,1,3-4,11-12H2,(H,22,26). The van der Waals surface area contributed by atoms with Crippen LogP contribution in [0.5, 0.6) is 0 Å². The number of benzene rings is 1. The van der Waals surface area contributed by atoms with Crippen molar-refractivity contribution in [3.05, 3.63) is 66.0 Å². The highest BCUT2D eigenvalue weighted by molar-refractivity contribution is 6.06. The van der Waals surface area contributed by atoms with Gasteiger partial charge in [0, 0.05) is 25.0 Å². The van der Waals surface area contributed by atoms with E-state index in [1.807, 2.05) is 6.07 Å². The molecule has 138 valence electrons. The maximum atomic E-state index is 13.1. The molecular weight excluding hydrogens is 347 g/mol. The van der Waals surface area contributed by atoms with Gasteiger partial charge in [0.25, 0.3) is 11.8 Å². The number of halogens is 1. The number of rotatable bonds is 3. The fourth-order valence-electron chi connectivity index (χ4n) is 3.32. The number of nitrogens with zero attached hydrogens (tertiary/aromatic N) is 3. The number of fused-ring (bicyclic) bond motifs is 1. The lowest BCUT2D eigenvalue weighted by molar-refractivity contribution is 0.0721. The first-order valence-electron chi connectivity index (χ1n) is 8.97. The maximum Gasteiger partial charge on any atom is 0.292 e. The van der Waals surface area contributed by atoms with Gasteiger partial charge in [-0.05, 0) is 55.7 Å². The Balaban J connectivity index is 1.67. The molecule has 0 aliphatic carbocycles. The number of carbonyl (C=O) groups excluding carboxylic acids is 2. The van der Waals surface area contributed by atoms with E-state index in [1.165, 1.54) is 24.3 Å². The van der Waals surface area contributed by atoms with Crippen LogP contribution < -0.4 is 5.32 Å². The van der Waals surface area contributed by atoms with E-state index in [2.05, 4.69) is 10.3 Å². The van der Waals surface area contributed by atoms with Crippen LogP contribution in [0.1, 0.15) is 40.4 Å². The Labute approximate surface area is 155 Å².